The Morgan fingerprint density at radius 3 is 2.82 bits per heavy atom. The normalized spacial score (nSPS) is 17.8. The molecular weight excluding hydrogens is 234 g/mol. The molecule has 1 N–H and O–H groups in total. The highest BCUT2D eigenvalue weighted by Gasteiger charge is 2.19. The minimum atomic E-state index is 0.572. The number of aromatic nitrogens is 1. The topological polar surface area (TPSA) is 25.0 Å². The molecule has 0 unspecified atom stereocenters. The molecule has 2 aromatic rings. The van der Waals surface area contributed by atoms with Crippen molar-refractivity contribution in [3.8, 4) is 0 Å². The molecule has 0 atom stereocenters. The van der Waals surface area contributed by atoms with Crippen molar-refractivity contribution < 1.29 is 4.74 Å². The van der Waals surface area contributed by atoms with E-state index < -0.39 is 0 Å². The lowest BCUT2D eigenvalue weighted by molar-refractivity contribution is 0.0856. The molecule has 90 valence electrons. The number of hydrogen-bond donors (Lipinski definition) is 1. The van der Waals surface area contributed by atoms with Crippen molar-refractivity contribution in [3.63, 3.8) is 0 Å². The number of benzene rings is 1. The molecule has 0 saturated carbocycles. The molecule has 0 radical (unpaired) electrons. The molecule has 0 aliphatic carbocycles. The van der Waals surface area contributed by atoms with Gasteiger partial charge in [-0.3, -0.25) is 0 Å². The van der Waals surface area contributed by atoms with Gasteiger partial charge in [-0.1, -0.05) is 11.6 Å². The number of fused-ring (bicyclic) bond motifs is 1. The van der Waals surface area contributed by atoms with E-state index in [1.807, 2.05) is 6.07 Å². The van der Waals surface area contributed by atoms with Crippen molar-refractivity contribution >= 4 is 22.5 Å². The Hall–Kier alpha value is -0.990. The molecule has 3 rings (SSSR count). The number of aromatic amines is 1. The second-order valence-electron chi connectivity index (χ2n) is 4.78. The molecule has 1 saturated heterocycles. The number of aryl methyl sites for hydroxylation is 1. The molecular formula is C14H16ClNO. The van der Waals surface area contributed by atoms with Crippen LogP contribution in [0, 0.1) is 6.92 Å². The van der Waals surface area contributed by atoms with E-state index in [0.29, 0.717) is 5.92 Å². The van der Waals surface area contributed by atoms with Gasteiger partial charge in [0.1, 0.15) is 0 Å². The van der Waals surface area contributed by atoms with Gasteiger partial charge in [-0.25, -0.2) is 0 Å². The molecule has 2 nitrogen and oxygen atoms in total. The van der Waals surface area contributed by atoms with E-state index in [0.717, 1.165) is 31.1 Å². The number of halogens is 1. The third kappa shape index (κ3) is 1.96. The first-order valence-electron chi connectivity index (χ1n) is 6.10. The SMILES string of the molecule is Cc1c[nH]c2c(C3CCOCC3)cc(Cl)cc12. The van der Waals surface area contributed by atoms with Crippen LogP contribution >= 0.6 is 11.6 Å². The molecule has 1 fully saturated rings. The van der Waals surface area contributed by atoms with Gasteiger partial charge >= 0.3 is 0 Å². The minimum absolute atomic E-state index is 0.572. The van der Waals surface area contributed by atoms with Gasteiger partial charge in [0.05, 0.1) is 0 Å². The van der Waals surface area contributed by atoms with Crippen LogP contribution in [-0.2, 0) is 4.74 Å². The van der Waals surface area contributed by atoms with Crippen molar-refractivity contribution in [2.45, 2.75) is 25.7 Å². The van der Waals surface area contributed by atoms with Gasteiger partial charge in [-0.15, -0.1) is 0 Å². The molecule has 3 heteroatoms. The molecule has 1 aliphatic rings. The maximum atomic E-state index is 6.23. The Balaban J connectivity index is 2.13. The van der Waals surface area contributed by atoms with Crippen LogP contribution in [-0.4, -0.2) is 18.2 Å². The van der Waals surface area contributed by atoms with Gasteiger partial charge in [-0.2, -0.15) is 0 Å². The van der Waals surface area contributed by atoms with Gasteiger partial charge in [0.15, 0.2) is 0 Å². The molecule has 1 aromatic carbocycles. The van der Waals surface area contributed by atoms with Crippen molar-refractivity contribution in [1.29, 1.82) is 0 Å². The van der Waals surface area contributed by atoms with Crippen molar-refractivity contribution in [3.05, 3.63) is 34.5 Å². The molecule has 0 bridgehead atoms. The first-order valence-corrected chi connectivity index (χ1v) is 6.48. The number of ether oxygens (including phenoxy) is 1. The highest BCUT2D eigenvalue weighted by molar-refractivity contribution is 6.31. The van der Waals surface area contributed by atoms with Crippen LogP contribution in [0.25, 0.3) is 10.9 Å². The monoisotopic (exact) mass is 249 g/mol. The summed E-state index contributed by atoms with van der Waals surface area (Å²) < 4.78 is 5.43. The maximum absolute atomic E-state index is 6.23. The van der Waals surface area contributed by atoms with Crippen LogP contribution in [0.2, 0.25) is 5.02 Å². The Kier molecular flexibility index (Phi) is 2.85. The zero-order valence-corrected chi connectivity index (χ0v) is 10.7. The van der Waals surface area contributed by atoms with E-state index >= 15 is 0 Å². The minimum Gasteiger partial charge on any atom is -0.381 e. The van der Waals surface area contributed by atoms with Gasteiger partial charge in [0, 0.05) is 35.3 Å². The van der Waals surface area contributed by atoms with E-state index in [9.17, 15) is 0 Å². The smallest absolute Gasteiger partial charge is 0.0493 e. The fourth-order valence-corrected chi connectivity index (χ4v) is 2.92. The van der Waals surface area contributed by atoms with Crippen LogP contribution in [0.4, 0.5) is 0 Å². The van der Waals surface area contributed by atoms with Crippen molar-refractivity contribution in [2.75, 3.05) is 13.2 Å². The first-order chi connectivity index (χ1) is 8.25. The van der Waals surface area contributed by atoms with E-state index in [-0.39, 0.29) is 0 Å². The Labute approximate surface area is 106 Å². The summed E-state index contributed by atoms with van der Waals surface area (Å²) in [6, 6.07) is 4.15. The van der Waals surface area contributed by atoms with Gasteiger partial charge < -0.3 is 9.72 Å². The zero-order chi connectivity index (χ0) is 11.8. The van der Waals surface area contributed by atoms with Crippen LogP contribution in [0.5, 0.6) is 0 Å². The summed E-state index contributed by atoms with van der Waals surface area (Å²) in [4.78, 5) is 3.38. The predicted octanol–water partition coefficient (Wildman–Crippen LogP) is 4.02. The summed E-state index contributed by atoms with van der Waals surface area (Å²) in [6.45, 7) is 3.83. The number of H-pyrrole nitrogens is 1. The lowest BCUT2D eigenvalue weighted by Gasteiger charge is -2.23. The number of hydrogen-bond acceptors (Lipinski definition) is 1. The zero-order valence-electron chi connectivity index (χ0n) is 9.92. The number of rotatable bonds is 1. The average molecular weight is 250 g/mol. The van der Waals surface area contributed by atoms with Crippen molar-refractivity contribution in [2.24, 2.45) is 0 Å². The molecule has 1 aliphatic heterocycles. The van der Waals surface area contributed by atoms with Gasteiger partial charge in [0.25, 0.3) is 0 Å². The second-order valence-corrected chi connectivity index (χ2v) is 5.21. The predicted molar refractivity (Wildman–Crippen MR) is 70.8 cm³/mol. The quantitative estimate of drug-likeness (QED) is 0.811. The van der Waals surface area contributed by atoms with E-state index in [1.54, 1.807) is 0 Å². The van der Waals surface area contributed by atoms with E-state index in [1.165, 1.54) is 22.0 Å². The Morgan fingerprint density at radius 1 is 1.29 bits per heavy atom. The largest absolute Gasteiger partial charge is 0.381 e. The molecule has 0 amide bonds. The van der Waals surface area contributed by atoms with Crippen LogP contribution < -0.4 is 0 Å². The van der Waals surface area contributed by atoms with E-state index in [4.69, 9.17) is 16.3 Å². The highest BCUT2D eigenvalue weighted by atomic mass is 35.5. The third-order valence-electron chi connectivity index (χ3n) is 3.65. The van der Waals surface area contributed by atoms with Gasteiger partial charge in [0.2, 0.25) is 0 Å². The maximum Gasteiger partial charge on any atom is 0.0493 e. The lowest BCUT2D eigenvalue weighted by Crippen LogP contribution is -2.14. The van der Waals surface area contributed by atoms with Gasteiger partial charge in [-0.05, 0) is 48.9 Å². The fourth-order valence-electron chi connectivity index (χ4n) is 2.69. The summed E-state index contributed by atoms with van der Waals surface area (Å²) in [7, 11) is 0. The summed E-state index contributed by atoms with van der Waals surface area (Å²) in [5.41, 5.74) is 3.86. The summed E-state index contributed by atoms with van der Waals surface area (Å²) in [5, 5.41) is 2.08. The summed E-state index contributed by atoms with van der Waals surface area (Å²) >= 11 is 6.23. The molecule has 17 heavy (non-hydrogen) atoms. The standard InChI is InChI=1S/C14H16ClNO/c1-9-8-16-14-12(9)6-11(15)7-13(14)10-2-4-17-5-3-10/h6-8,10,16H,2-5H2,1H3. The van der Waals surface area contributed by atoms with Crippen LogP contribution in [0.1, 0.15) is 29.9 Å². The molecule has 2 heterocycles. The average Bonchev–Trinajstić information content (AvgIpc) is 2.72. The number of nitrogens with one attached hydrogen (secondary N) is 1. The lowest BCUT2D eigenvalue weighted by atomic mass is 9.90. The molecule has 1 aromatic heterocycles. The first kappa shape index (κ1) is 11.1. The van der Waals surface area contributed by atoms with Crippen molar-refractivity contribution in [1.82, 2.24) is 4.98 Å². The fraction of sp³-hybridized carbons (Fsp3) is 0.429. The Bertz CT molecular complexity index is 540. The van der Waals surface area contributed by atoms with Crippen LogP contribution in [0.15, 0.2) is 18.3 Å². The second kappa shape index (κ2) is 4.35. The van der Waals surface area contributed by atoms with E-state index in [2.05, 4.69) is 24.2 Å². The highest BCUT2D eigenvalue weighted by Crippen LogP contribution is 2.35. The van der Waals surface area contributed by atoms with Crippen LogP contribution in [0.3, 0.4) is 0 Å². The summed E-state index contributed by atoms with van der Waals surface area (Å²) in [5.74, 6) is 0.572. The molecule has 0 spiro atoms. The third-order valence-corrected chi connectivity index (χ3v) is 3.87. The summed E-state index contributed by atoms with van der Waals surface area (Å²) in [6.07, 6.45) is 4.24. The Morgan fingerprint density at radius 2 is 2.06 bits per heavy atom.